The first-order valence-corrected chi connectivity index (χ1v) is 10.6. The van der Waals surface area contributed by atoms with Crippen molar-refractivity contribution >= 4 is 33.8 Å². The number of anilines is 1. The van der Waals surface area contributed by atoms with E-state index in [0.717, 1.165) is 0 Å². The SMILES string of the molecule is N#C/C(=C\c1ccc(OS(=O)(=O)c2ccccc2)cc1)C(=O)Nc1cccc(C(=O)O)c1. The van der Waals surface area contributed by atoms with E-state index in [2.05, 4.69) is 5.32 Å². The lowest BCUT2D eigenvalue weighted by Gasteiger charge is -2.07. The highest BCUT2D eigenvalue weighted by Crippen LogP contribution is 2.20. The number of amides is 1. The highest BCUT2D eigenvalue weighted by atomic mass is 32.2. The Balaban J connectivity index is 1.74. The predicted molar refractivity (Wildman–Crippen MR) is 116 cm³/mol. The molecule has 0 heterocycles. The zero-order chi connectivity index (χ0) is 23.1. The lowest BCUT2D eigenvalue weighted by molar-refractivity contribution is -0.112. The third-order valence-electron chi connectivity index (χ3n) is 4.16. The van der Waals surface area contributed by atoms with E-state index in [1.54, 1.807) is 24.3 Å². The van der Waals surface area contributed by atoms with Crippen LogP contribution in [0.15, 0.2) is 89.3 Å². The number of aromatic carboxylic acids is 1. The largest absolute Gasteiger partial charge is 0.478 e. The van der Waals surface area contributed by atoms with Crippen LogP contribution in [0, 0.1) is 11.3 Å². The monoisotopic (exact) mass is 448 g/mol. The van der Waals surface area contributed by atoms with Crippen molar-refractivity contribution in [2.24, 2.45) is 0 Å². The van der Waals surface area contributed by atoms with Gasteiger partial charge in [-0.2, -0.15) is 13.7 Å². The van der Waals surface area contributed by atoms with Gasteiger partial charge in [-0.05, 0) is 54.1 Å². The number of hydrogen-bond acceptors (Lipinski definition) is 6. The summed E-state index contributed by atoms with van der Waals surface area (Å²) in [6.07, 6.45) is 1.31. The maximum absolute atomic E-state index is 12.4. The molecule has 160 valence electrons. The van der Waals surface area contributed by atoms with Crippen LogP contribution in [0.5, 0.6) is 5.75 Å². The van der Waals surface area contributed by atoms with Gasteiger partial charge in [0.25, 0.3) is 5.91 Å². The van der Waals surface area contributed by atoms with E-state index in [4.69, 9.17) is 9.29 Å². The maximum atomic E-state index is 12.4. The highest BCUT2D eigenvalue weighted by Gasteiger charge is 2.16. The number of rotatable bonds is 7. The average molecular weight is 448 g/mol. The van der Waals surface area contributed by atoms with Crippen molar-refractivity contribution in [3.8, 4) is 11.8 Å². The van der Waals surface area contributed by atoms with Gasteiger partial charge in [0.1, 0.15) is 22.3 Å². The third-order valence-corrected chi connectivity index (χ3v) is 5.42. The number of carbonyl (C=O) groups is 2. The number of carboxylic acid groups (broad SMARTS) is 1. The molecule has 2 N–H and O–H groups in total. The van der Waals surface area contributed by atoms with Crippen LogP contribution in [-0.2, 0) is 14.9 Å². The van der Waals surface area contributed by atoms with Crippen molar-refractivity contribution < 1.29 is 27.3 Å². The van der Waals surface area contributed by atoms with Gasteiger partial charge in [-0.15, -0.1) is 0 Å². The van der Waals surface area contributed by atoms with E-state index in [9.17, 15) is 23.3 Å². The van der Waals surface area contributed by atoms with Crippen molar-refractivity contribution in [1.82, 2.24) is 0 Å². The molecule has 0 aliphatic carbocycles. The van der Waals surface area contributed by atoms with Crippen LogP contribution < -0.4 is 9.50 Å². The molecule has 0 fully saturated rings. The fraction of sp³-hybridized carbons (Fsp3) is 0. The Morgan fingerprint density at radius 3 is 2.28 bits per heavy atom. The van der Waals surface area contributed by atoms with Crippen molar-refractivity contribution in [1.29, 1.82) is 5.26 Å². The number of carbonyl (C=O) groups excluding carboxylic acids is 1. The first-order chi connectivity index (χ1) is 15.3. The lowest BCUT2D eigenvalue weighted by Crippen LogP contribution is -2.14. The number of hydrogen-bond donors (Lipinski definition) is 2. The van der Waals surface area contributed by atoms with Gasteiger partial charge in [0, 0.05) is 5.69 Å². The van der Waals surface area contributed by atoms with Crippen LogP contribution in [0.3, 0.4) is 0 Å². The van der Waals surface area contributed by atoms with Gasteiger partial charge in [-0.25, -0.2) is 4.79 Å². The minimum atomic E-state index is -3.99. The molecule has 0 radical (unpaired) electrons. The molecule has 0 bridgehead atoms. The molecule has 3 aromatic rings. The molecule has 9 heteroatoms. The standard InChI is InChI=1S/C23H16N2O6S/c24-15-18(22(26)25-19-6-4-5-17(14-19)23(27)28)13-16-9-11-20(12-10-16)31-32(29,30)21-7-2-1-3-8-21/h1-14H,(H,25,26)(H,27,28)/b18-13+. The van der Waals surface area contributed by atoms with Crippen LogP contribution in [-0.4, -0.2) is 25.4 Å². The van der Waals surface area contributed by atoms with Gasteiger partial charge in [0.15, 0.2) is 0 Å². The van der Waals surface area contributed by atoms with E-state index in [0.29, 0.717) is 5.56 Å². The zero-order valence-corrected chi connectivity index (χ0v) is 17.2. The summed E-state index contributed by atoms with van der Waals surface area (Å²) in [4.78, 5) is 23.4. The molecule has 3 rings (SSSR count). The van der Waals surface area contributed by atoms with Crippen LogP contribution in [0.25, 0.3) is 6.08 Å². The minimum Gasteiger partial charge on any atom is -0.478 e. The smallest absolute Gasteiger partial charge is 0.339 e. The molecule has 0 aromatic heterocycles. The lowest BCUT2D eigenvalue weighted by atomic mass is 10.1. The summed E-state index contributed by atoms with van der Waals surface area (Å²) in [5.74, 6) is -1.80. The van der Waals surface area contributed by atoms with E-state index in [1.807, 2.05) is 0 Å². The van der Waals surface area contributed by atoms with Crippen LogP contribution in [0.2, 0.25) is 0 Å². The Morgan fingerprint density at radius 1 is 0.969 bits per heavy atom. The second-order valence-corrected chi connectivity index (χ2v) is 7.98. The Labute approximate surface area is 184 Å². The Morgan fingerprint density at radius 2 is 1.66 bits per heavy atom. The van der Waals surface area contributed by atoms with E-state index in [-0.39, 0.29) is 27.5 Å². The Bertz CT molecular complexity index is 1320. The molecular weight excluding hydrogens is 432 g/mol. The molecule has 0 unspecified atom stereocenters. The number of carboxylic acids is 1. The number of nitriles is 1. The third kappa shape index (κ3) is 5.59. The van der Waals surface area contributed by atoms with Gasteiger partial charge in [-0.1, -0.05) is 36.4 Å². The summed E-state index contributed by atoms with van der Waals surface area (Å²) < 4.78 is 29.6. The van der Waals surface area contributed by atoms with Gasteiger partial charge in [-0.3, -0.25) is 4.79 Å². The van der Waals surface area contributed by atoms with Crippen LogP contribution >= 0.6 is 0 Å². The summed E-state index contributed by atoms with van der Waals surface area (Å²) in [5.41, 5.74) is 0.453. The summed E-state index contributed by atoms with van der Waals surface area (Å²) in [6.45, 7) is 0. The number of nitrogens with one attached hydrogen (secondary N) is 1. The maximum Gasteiger partial charge on any atom is 0.339 e. The summed E-state index contributed by atoms with van der Waals surface area (Å²) in [7, 11) is -3.99. The zero-order valence-electron chi connectivity index (χ0n) is 16.4. The molecule has 0 saturated carbocycles. The van der Waals surface area contributed by atoms with E-state index >= 15 is 0 Å². The molecule has 0 saturated heterocycles. The summed E-state index contributed by atoms with van der Waals surface area (Å²) in [6, 6.07) is 20.9. The van der Waals surface area contributed by atoms with Gasteiger partial charge in [0.2, 0.25) is 0 Å². The van der Waals surface area contributed by atoms with Crippen molar-refractivity contribution in [3.05, 3.63) is 95.6 Å². The normalized spacial score (nSPS) is 11.3. The van der Waals surface area contributed by atoms with E-state index < -0.39 is 22.0 Å². The molecule has 0 aliphatic rings. The second-order valence-electron chi connectivity index (χ2n) is 6.43. The number of nitrogens with zero attached hydrogens (tertiary/aromatic N) is 1. The number of benzene rings is 3. The molecular formula is C23H16N2O6S. The fourth-order valence-corrected chi connectivity index (χ4v) is 3.58. The van der Waals surface area contributed by atoms with Crippen molar-refractivity contribution in [2.75, 3.05) is 5.32 Å². The molecule has 32 heavy (non-hydrogen) atoms. The Hall–Kier alpha value is -4.42. The molecule has 0 spiro atoms. The average Bonchev–Trinajstić information content (AvgIpc) is 2.79. The predicted octanol–water partition coefficient (Wildman–Crippen LogP) is 3.70. The van der Waals surface area contributed by atoms with Gasteiger partial charge >= 0.3 is 16.1 Å². The quantitative estimate of drug-likeness (QED) is 0.320. The van der Waals surface area contributed by atoms with Gasteiger partial charge in [0.05, 0.1) is 5.56 Å². The van der Waals surface area contributed by atoms with Crippen molar-refractivity contribution in [3.63, 3.8) is 0 Å². The minimum absolute atomic E-state index is 0.00803. The van der Waals surface area contributed by atoms with Gasteiger partial charge < -0.3 is 14.6 Å². The molecule has 1 amide bonds. The molecule has 3 aromatic carbocycles. The first kappa shape index (κ1) is 22.3. The second kappa shape index (κ2) is 9.59. The van der Waals surface area contributed by atoms with Crippen LogP contribution in [0.1, 0.15) is 15.9 Å². The fourth-order valence-electron chi connectivity index (χ4n) is 2.63. The first-order valence-electron chi connectivity index (χ1n) is 9.14. The Kier molecular flexibility index (Phi) is 6.68. The van der Waals surface area contributed by atoms with Crippen LogP contribution in [0.4, 0.5) is 5.69 Å². The molecule has 0 atom stereocenters. The van der Waals surface area contributed by atoms with Crippen molar-refractivity contribution in [2.45, 2.75) is 4.90 Å². The topological polar surface area (TPSA) is 134 Å². The summed E-state index contributed by atoms with van der Waals surface area (Å²) >= 11 is 0. The molecule has 8 nitrogen and oxygen atoms in total. The molecule has 0 aliphatic heterocycles. The van der Waals surface area contributed by atoms with E-state index in [1.165, 1.54) is 66.7 Å². The highest BCUT2D eigenvalue weighted by molar-refractivity contribution is 7.87. The summed E-state index contributed by atoms with van der Waals surface area (Å²) in [5, 5.41) is 20.8.